The first-order valence-corrected chi connectivity index (χ1v) is 9.08. The lowest BCUT2D eigenvalue weighted by Crippen LogP contribution is -2.41. The van der Waals surface area contributed by atoms with Crippen molar-refractivity contribution in [2.45, 2.75) is 44.7 Å². The fraction of sp³-hybridized carbons (Fsp3) is 0.882. The van der Waals surface area contributed by atoms with Crippen LogP contribution in [0.15, 0.2) is 0 Å². The van der Waals surface area contributed by atoms with Crippen molar-refractivity contribution in [3.63, 3.8) is 0 Å². The Morgan fingerprint density at radius 2 is 1.27 bits per heavy atom. The number of rotatable bonds is 11. The van der Waals surface area contributed by atoms with E-state index < -0.39 is 11.6 Å². The molecule has 0 bridgehead atoms. The van der Waals surface area contributed by atoms with Gasteiger partial charge in [0.05, 0.1) is 46.1 Å². The smallest absolute Gasteiger partial charge is 0.222 e. The van der Waals surface area contributed by atoms with E-state index in [2.05, 4.69) is 10.6 Å². The van der Waals surface area contributed by atoms with Gasteiger partial charge in [-0.25, -0.2) is 0 Å². The van der Waals surface area contributed by atoms with E-state index in [-0.39, 0.29) is 18.2 Å². The third kappa shape index (κ3) is 7.55. The van der Waals surface area contributed by atoms with Gasteiger partial charge in [-0.05, 0) is 20.3 Å². The number of amides is 2. The van der Waals surface area contributed by atoms with Gasteiger partial charge in [-0.2, -0.15) is 0 Å². The summed E-state index contributed by atoms with van der Waals surface area (Å²) in [7, 11) is 0. The zero-order chi connectivity index (χ0) is 18.9. The first kappa shape index (κ1) is 21.0. The molecule has 2 amide bonds. The van der Waals surface area contributed by atoms with Crippen LogP contribution in [0, 0.1) is 0 Å². The van der Waals surface area contributed by atoms with Gasteiger partial charge in [0.2, 0.25) is 11.8 Å². The predicted molar refractivity (Wildman–Crippen MR) is 91.3 cm³/mol. The molecule has 9 nitrogen and oxygen atoms in total. The van der Waals surface area contributed by atoms with Crippen LogP contribution in [-0.2, 0) is 33.3 Å². The normalized spacial score (nSPS) is 20.8. The summed E-state index contributed by atoms with van der Waals surface area (Å²) in [5.41, 5.74) is 0. The molecule has 2 heterocycles. The Morgan fingerprint density at radius 1 is 0.808 bits per heavy atom. The van der Waals surface area contributed by atoms with Crippen LogP contribution >= 0.6 is 0 Å². The van der Waals surface area contributed by atoms with E-state index in [0.29, 0.717) is 65.6 Å². The van der Waals surface area contributed by atoms with E-state index in [1.165, 1.54) is 0 Å². The van der Waals surface area contributed by atoms with E-state index in [4.69, 9.17) is 23.7 Å². The molecule has 0 unspecified atom stereocenters. The first-order valence-electron chi connectivity index (χ1n) is 9.08. The molecule has 2 aliphatic heterocycles. The summed E-state index contributed by atoms with van der Waals surface area (Å²) in [6.07, 6.45) is 1.20. The van der Waals surface area contributed by atoms with Crippen LogP contribution in [0.5, 0.6) is 0 Å². The van der Waals surface area contributed by atoms with Crippen molar-refractivity contribution in [2.24, 2.45) is 0 Å². The SMILES string of the molecule is CC1(CNC(=O)CCCOCCC(=O)NCC2(C)OCCO2)OCCO1. The lowest BCUT2D eigenvalue weighted by Gasteiger charge is -2.22. The molecule has 0 aromatic carbocycles. The third-order valence-corrected chi connectivity index (χ3v) is 4.18. The average Bonchev–Trinajstić information content (AvgIpc) is 3.24. The Morgan fingerprint density at radius 3 is 1.77 bits per heavy atom. The Kier molecular flexibility index (Phi) is 8.23. The molecule has 150 valence electrons. The summed E-state index contributed by atoms with van der Waals surface area (Å²) in [4.78, 5) is 23.5. The molecule has 0 spiro atoms. The summed E-state index contributed by atoms with van der Waals surface area (Å²) in [5, 5.41) is 5.55. The van der Waals surface area contributed by atoms with Gasteiger partial charge >= 0.3 is 0 Å². The van der Waals surface area contributed by atoms with Gasteiger partial charge in [0.15, 0.2) is 11.6 Å². The minimum Gasteiger partial charge on any atom is -0.381 e. The molecule has 2 aliphatic rings. The van der Waals surface area contributed by atoms with E-state index in [0.717, 1.165) is 0 Å². The third-order valence-electron chi connectivity index (χ3n) is 4.18. The second kappa shape index (κ2) is 10.2. The highest BCUT2D eigenvalue weighted by Gasteiger charge is 2.31. The molecule has 0 saturated carbocycles. The van der Waals surface area contributed by atoms with Crippen molar-refractivity contribution in [1.29, 1.82) is 0 Å². The zero-order valence-electron chi connectivity index (χ0n) is 15.6. The van der Waals surface area contributed by atoms with Crippen LogP contribution in [0.3, 0.4) is 0 Å². The van der Waals surface area contributed by atoms with Gasteiger partial charge in [-0.1, -0.05) is 0 Å². The van der Waals surface area contributed by atoms with Gasteiger partial charge in [-0.15, -0.1) is 0 Å². The Balaban J connectivity index is 1.42. The molecule has 2 N–H and O–H groups in total. The van der Waals surface area contributed by atoms with Gasteiger partial charge in [0.25, 0.3) is 0 Å². The van der Waals surface area contributed by atoms with Crippen LogP contribution < -0.4 is 10.6 Å². The van der Waals surface area contributed by atoms with Crippen LogP contribution in [-0.4, -0.2) is 76.1 Å². The maximum absolute atomic E-state index is 11.8. The van der Waals surface area contributed by atoms with Crippen molar-refractivity contribution in [1.82, 2.24) is 10.6 Å². The van der Waals surface area contributed by atoms with E-state index in [1.54, 1.807) is 13.8 Å². The Labute approximate surface area is 154 Å². The van der Waals surface area contributed by atoms with Crippen molar-refractivity contribution in [2.75, 3.05) is 52.7 Å². The minimum atomic E-state index is -0.727. The van der Waals surface area contributed by atoms with Crippen molar-refractivity contribution >= 4 is 11.8 Å². The quantitative estimate of drug-likeness (QED) is 0.488. The molecule has 2 fully saturated rings. The molecule has 2 saturated heterocycles. The fourth-order valence-electron chi connectivity index (χ4n) is 2.61. The molecule has 2 rings (SSSR count). The predicted octanol–water partition coefficient (Wildman–Crippen LogP) is -0.0683. The maximum Gasteiger partial charge on any atom is 0.222 e. The van der Waals surface area contributed by atoms with Crippen LogP contribution in [0.4, 0.5) is 0 Å². The highest BCUT2D eigenvalue weighted by molar-refractivity contribution is 5.76. The topological polar surface area (TPSA) is 104 Å². The van der Waals surface area contributed by atoms with E-state index in [1.807, 2.05) is 0 Å². The molecule has 0 atom stereocenters. The van der Waals surface area contributed by atoms with Gasteiger partial charge < -0.3 is 34.3 Å². The zero-order valence-corrected chi connectivity index (χ0v) is 15.6. The average molecular weight is 374 g/mol. The molecule has 9 heteroatoms. The molecule has 0 aromatic rings. The summed E-state index contributed by atoms with van der Waals surface area (Å²) in [5.74, 6) is -1.63. The molecular weight excluding hydrogens is 344 g/mol. The van der Waals surface area contributed by atoms with Gasteiger partial charge in [-0.3, -0.25) is 9.59 Å². The summed E-state index contributed by atoms with van der Waals surface area (Å²) < 4.78 is 27.0. The number of hydrogen-bond donors (Lipinski definition) is 2. The first-order chi connectivity index (χ1) is 12.4. The second-order valence-electron chi connectivity index (χ2n) is 6.68. The molecule has 0 aromatic heterocycles. The highest BCUT2D eigenvalue weighted by Crippen LogP contribution is 2.17. The number of carbonyl (C=O) groups excluding carboxylic acids is 2. The monoisotopic (exact) mass is 374 g/mol. The van der Waals surface area contributed by atoms with Gasteiger partial charge in [0.1, 0.15) is 0 Å². The number of hydrogen-bond acceptors (Lipinski definition) is 7. The lowest BCUT2D eigenvalue weighted by molar-refractivity contribution is -0.146. The molecule has 0 aliphatic carbocycles. The van der Waals surface area contributed by atoms with Crippen molar-refractivity contribution in [3.8, 4) is 0 Å². The van der Waals surface area contributed by atoms with Crippen LogP contribution in [0.1, 0.15) is 33.1 Å². The standard InChI is InChI=1S/C17H30N2O7/c1-16(23-8-9-24-16)12-18-14(20)4-3-6-22-7-5-15(21)19-13-17(2)25-10-11-26-17/h3-13H2,1-2H3,(H,18,20)(H,19,21). The lowest BCUT2D eigenvalue weighted by atomic mass is 10.2. The molecular formula is C17H30N2O7. The highest BCUT2D eigenvalue weighted by atomic mass is 16.7. The minimum absolute atomic E-state index is 0.0727. The van der Waals surface area contributed by atoms with Crippen LogP contribution in [0.25, 0.3) is 0 Å². The maximum atomic E-state index is 11.8. The van der Waals surface area contributed by atoms with E-state index >= 15 is 0 Å². The van der Waals surface area contributed by atoms with Crippen molar-refractivity contribution in [3.05, 3.63) is 0 Å². The van der Waals surface area contributed by atoms with Crippen molar-refractivity contribution < 1.29 is 33.3 Å². The summed E-state index contributed by atoms with van der Waals surface area (Å²) in [6.45, 7) is 7.18. The molecule has 26 heavy (non-hydrogen) atoms. The molecule has 0 radical (unpaired) electrons. The summed E-state index contributed by atoms with van der Waals surface area (Å²) >= 11 is 0. The number of carbonyl (C=O) groups is 2. The number of ether oxygens (including phenoxy) is 5. The fourth-order valence-corrected chi connectivity index (χ4v) is 2.61. The largest absolute Gasteiger partial charge is 0.381 e. The number of nitrogens with one attached hydrogen (secondary N) is 2. The summed E-state index contributed by atoms with van der Waals surface area (Å²) in [6, 6.07) is 0. The Hall–Kier alpha value is -1.26. The Bertz CT molecular complexity index is 418. The van der Waals surface area contributed by atoms with Gasteiger partial charge in [0, 0.05) is 19.4 Å². The van der Waals surface area contributed by atoms with Crippen LogP contribution in [0.2, 0.25) is 0 Å². The second-order valence-corrected chi connectivity index (χ2v) is 6.68. The van der Waals surface area contributed by atoms with E-state index in [9.17, 15) is 9.59 Å².